The lowest BCUT2D eigenvalue weighted by Crippen LogP contribution is -2.44. The maximum atomic E-state index is 6.27. The van der Waals surface area contributed by atoms with Gasteiger partial charge in [0.2, 0.25) is 0 Å². The molecule has 21 heavy (non-hydrogen) atoms. The van der Waals surface area contributed by atoms with E-state index in [2.05, 4.69) is 43.5 Å². The average molecular weight is 284 g/mol. The molecule has 3 atom stereocenters. The summed E-state index contributed by atoms with van der Waals surface area (Å²) in [6.45, 7) is 4.60. The number of hydrogen-bond donors (Lipinski definition) is 2. The third-order valence-corrected chi connectivity index (χ3v) is 5.32. The second-order valence-electron chi connectivity index (χ2n) is 6.87. The fraction of sp³-hybridized carbons (Fsp3) is 0.579. The van der Waals surface area contributed by atoms with Crippen molar-refractivity contribution in [3.05, 3.63) is 46.7 Å². The van der Waals surface area contributed by atoms with E-state index in [-0.39, 0.29) is 0 Å². The first kappa shape index (κ1) is 14.6. The summed E-state index contributed by atoms with van der Waals surface area (Å²) in [6.07, 6.45) is 16.3. The van der Waals surface area contributed by atoms with Crippen molar-refractivity contribution < 1.29 is 0 Å². The minimum atomic E-state index is 0.406. The quantitative estimate of drug-likeness (QED) is 0.770. The third-order valence-electron chi connectivity index (χ3n) is 5.32. The van der Waals surface area contributed by atoms with E-state index in [4.69, 9.17) is 5.73 Å². The Bertz CT molecular complexity index is 522. The van der Waals surface area contributed by atoms with Crippen molar-refractivity contribution in [3.63, 3.8) is 0 Å². The van der Waals surface area contributed by atoms with E-state index in [0.29, 0.717) is 12.1 Å². The van der Waals surface area contributed by atoms with E-state index >= 15 is 0 Å². The summed E-state index contributed by atoms with van der Waals surface area (Å²) in [4.78, 5) is 0. The van der Waals surface area contributed by atoms with Gasteiger partial charge in [0.1, 0.15) is 0 Å². The normalized spacial score (nSPS) is 30.6. The topological polar surface area (TPSA) is 38.0 Å². The average Bonchev–Trinajstić information content (AvgIpc) is 2.48. The molecule has 114 valence electrons. The van der Waals surface area contributed by atoms with Crippen LogP contribution in [-0.4, -0.2) is 12.1 Å². The summed E-state index contributed by atoms with van der Waals surface area (Å²) in [7, 11) is 0. The van der Waals surface area contributed by atoms with Crippen molar-refractivity contribution in [1.82, 2.24) is 5.32 Å². The maximum absolute atomic E-state index is 6.27. The van der Waals surface area contributed by atoms with Crippen molar-refractivity contribution in [2.75, 3.05) is 0 Å². The summed E-state index contributed by atoms with van der Waals surface area (Å²) in [5.41, 5.74) is 11.7. The molecular weight excluding hydrogens is 256 g/mol. The molecule has 0 aliphatic heterocycles. The Hall–Kier alpha value is -1.28. The van der Waals surface area contributed by atoms with E-state index in [1.165, 1.54) is 30.4 Å². The molecule has 2 heteroatoms. The van der Waals surface area contributed by atoms with Gasteiger partial charge in [0, 0.05) is 17.8 Å². The minimum Gasteiger partial charge on any atom is -0.399 e. The minimum absolute atomic E-state index is 0.406. The Morgan fingerprint density at radius 1 is 1.24 bits per heavy atom. The second-order valence-corrected chi connectivity index (χ2v) is 6.87. The van der Waals surface area contributed by atoms with Gasteiger partial charge in [-0.05, 0) is 69.4 Å². The third kappa shape index (κ3) is 3.16. The smallest absolute Gasteiger partial charge is 0.0380 e. The van der Waals surface area contributed by atoms with Crippen LogP contribution in [0.4, 0.5) is 0 Å². The lowest BCUT2D eigenvalue weighted by atomic mass is 9.82. The molecule has 0 fully saturated rings. The van der Waals surface area contributed by atoms with Gasteiger partial charge in [-0.3, -0.25) is 0 Å². The van der Waals surface area contributed by atoms with E-state index < -0.39 is 0 Å². The molecule has 0 heterocycles. The highest BCUT2D eigenvalue weighted by atomic mass is 15.0. The number of hydrogen-bond acceptors (Lipinski definition) is 2. The molecule has 0 spiro atoms. The molecule has 0 saturated heterocycles. The zero-order valence-corrected chi connectivity index (χ0v) is 13.4. The summed E-state index contributed by atoms with van der Waals surface area (Å²) >= 11 is 0. The van der Waals surface area contributed by atoms with Crippen LogP contribution >= 0.6 is 0 Å². The summed E-state index contributed by atoms with van der Waals surface area (Å²) in [6, 6.07) is 0.956. The molecule has 3 aliphatic carbocycles. The van der Waals surface area contributed by atoms with Gasteiger partial charge in [0.15, 0.2) is 0 Å². The first-order valence-electron chi connectivity index (χ1n) is 8.42. The number of nitrogens with one attached hydrogen (secondary N) is 1. The SMILES string of the molecule is CC1=CCC(C(C)NC2CC=CC3=C2C(N)=CCC3)CC1. The monoisotopic (exact) mass is 284 g/mol. The van der Waals surface area contributed by atoms with Gasteiger partial charge in [-0.15, -0.1) is 0 Å². The molecule has 0 saturated carbocycles. The summed E-state index contributed by atoms with van der Waals surface area (Å²) < 4.78 is 0. The predicted octanol–water partition coefficient (Wildman–Crippen LogP) is 3.97. The van der Waals surface area contributed by atoms with E-state index in [1.54, 1.807) is 5.57 Å². The number of allylic oxidation sites excluding steroid dienone is 5. The van der Waals surface area contributed by atoms with E-state index in [0.717, 1.165) is 30.9 Å². The van der Waals surface area contributed by atoms with Crippen LogP contribution in [0.1, 0.15) is 52.4 Å². The first-order valence-corrected chi connectivity index (χ1v) is 8.42. The molecular formula is C19H28N2. The highest BCUT2D eigenvalue weighted by Gasteiger charge is 2.27. The Labute approximate surface area is 128 Å². The van der Waals surface area contributed by atoms with E-state index in [9.17, 15) is 0 Å². The Balaban J connectivity index is 1.69. The summed E-state index contributed by atoms with van der Waals surface area (Å²) in [5.74, 6) is 0.762. The van der Waals surface area contributed by atoms with Crippen LogP contribution in [0, 0.1) is 5.92 Å². The van der Waals surface area contributed by atoms with Crippen LogP contribution in [0.2, 0.25) is 0 Å². The van der Waals surface area contributed by atoms with Gasteiger partial charge in [-0.25, -0.2) is 0 Å². The lowest BCUT2D eigenvalue weighted by Gasteiger charge is -2.35. The van der Waals surface area contributed by atoms with Gasteiger partial charge in [0.05, 0.1) is 0 Å². The Kier molecular flexibility index (Phi) is 4.34. The van der Waals surface area contributed by atoms with Crippen molar-refractivity contribution in [2.24, 2.45) is 11.7 Å². The summed E-state index contributed by atoms with van der Waals surface area (Å²) in [5, 5.41) is 3.87. The Morgan fingerprint density at radius 2 is 2.10 bits per heavy atom. The molecule has 0 radical (unpaired) electrons. The molecule has 0 aromatic rings. The molecule has 3 rings (SSSR count). The molecule has 0 aromatic carbocycles. The molecule has 0 aromatic heterocycles. The van der Waals surface area contributed by atoms with Crippen LogP contribution in [0.3, 0.4) is 0 Å². The van der Waals surface area contributed by atoms with Crippen LogP contribution in [0.25, 0.3) is 0 Å². The van der Waals surface area contributed by atoms with Crippen LogP contribution in [0.15, 0.2) is 46.7 Å². The molecule has 3 aliphatic rings. The van der Waals surface area contributed by atoms with Crippen LogP contribution in [0.5, 0.6) is 0 Å². The molecule has 0 amide bonds. The van der Waals surface area contributed by atoms with Crippen molar-refractivity contribution in [2.45, 2.75) is 64.5 Å². The number of nitrogens with two attached hydrogens (primary N) is 1. The molecule has 3 unspecified atom stereocenters. The van der Waals surface area contributed by atoms with Crippen molar-refractivity contribution in [1.29, 1.82) is 0 Å². The number of rotatable bonds is 3. The van der Waals surface area contributed by atoms with Gasteiger partial charge < -0.3 is 11.1 Å². The zero-order valence-electron chi connectivity index (χ0n) is 13.4. The van der Waals surface area contributed by atoms with Crippen LogP contribution < -0.4 is 11.1 Å². The molecule has 2 nitrogen and oxygen atoms in total. The predicted molar refractivity (Wildman–Crippen MR) is 89.8 cm³/mol. The molecule has 3 N–H and O–H groups in total. The largest absolute Gasteiger partial charge is 0.399 e. The fourth-order valence-electron chi connectivity index (χ4n) is 3.92. The van der Waals surface area contributed by atoms with Crippen molar-refractivity contribution in [3.8, 4) is 0 Å². The second kappa shape index (κ2) is 6.23. The highest BCUT2D eigenvalue weighted by molar-refractivity contribution is 5.47. The van der Waals surface area contributed by atoms with Crippen LogP contribution in [-0.2, 0) is 0 Å². The van der Waals surface area contributed by atoms with Gasteiger partial charge >= 0.3 is 0 Å². The van der Waals surface area contributed by atoms with Gasteiger partial charge in [0.25, 0.3) is 0 Å². The van der Waals surface area contributed by atoms with Crippen molar-refractivity contribution >= 4 is 0 Å². The lowest BCUT2D eigenvalue weighted by molar-refractivity contribution is 0.325. The fourth-order valence-corrected chi connectivity index (χ4v) is 3.92. The first-order chi connectivity index (χ1) is 10.1. The Morgan fingerprint density at radius 3 is 2.86 bits per heavy atom. The van der Waals surface area contributed by atoms with Gasteiger partial charge in [-0.1, -0.05) is 29.9 Å². The molecule has 0 bridgehead atoms. The van der Waals surface area contributed by atoms with E-state index in [1.807, 2.05) is 0 Å². The zero-order chi connectivity index (χ0) is 14.8. The standard InChI is InChI=1S/C19H28N2/c1-13-9-11-15(12-10-13)14(2)21-18-8-4-6-16-5-3-7-17(20)19(16)18/h4,6-7,9,14-15,18,21H,3,5,8,10-12,20H2,1-2H3. The van der Waals surface area contributed by atoms with Gasteiger partial charge in [-0.2, -0.15) is 0 Å². The maximum Gasteiger partial charge on any atom is 0.0380 e. The highest BCUT2D eigenvalue weighted by Crippen LogP contribution is 2.32.